The second-order valence-corrected chi connectivity index (χ2v) is 4.60. The van der Waals surface area contributed by atoms with E-state index in [0.717, 1.165) is 25.9 Å². The molecule has 0 aromatic carbocycles. The minimum absolute atomic E-state index is 0.0604. The Kier molecular flexibility index (Phi) is 2.67. The lowest BCUT2D eigenvalue weighted by atomic mass is 9.98. The number of hydrogen-bond acceptors (Lipinski definition) is 3. The first-order valence-electron chi connectivity index (χ1n) is 4.63. The molecule has 1 unspecified atom stereocenters. The highest BCUT2D eigenvalue weighted by Gasteiger charge is 2.33. The maximum absolute atomic E-state index is 5.62. The quantitative estimate of drug-likeness (QED) is 0.796. The van der Waals surface area contributed by atoms with Crippen molar-refractivity contribution >= 4 is 11.3 Å². The third-order valence-electron chi connectivity index (χ3n) is 2.71. The average molecular weight is 197 g/mol. The Balaban J connectivity index is 2.06. The van der Waals surface area contributed by atoms with E-state index in [-0.39, 0.29) is 5.60 Å². The molecule has 1 N–H and O–H groups in total. The fraction of sp³-hybridized carbons (Fsp3) is 0.600. The van der Waals surface area contributed by atoms with Crippen LogP contribution in [0.4, 0.5) is 0 Å². The van der Waals surface area contributed by atoms with Crippen LogP contribution in [0.25, 0.3) is 0 Å². The van der Waals surface area contributed by atoms with Gasteiger partial charge in [0.05, 0.1) is 5.60 Å². The molecule has 0 bridgehead atoms. The van der Waals surface area contributed by atoms with E-state index in [2.05, 4.69) is 22.8 Å². The first-order valence-corrected chi connectivity index (χ1v) is 5.51. The molecule has 1 aromatic rings. The van der Waals surface area contributed by atoms with E-state index in [4.69, 9.17) is 4.74 Å². The molecule has 2 nitrogen and oxygen atoms in total. The maximum Gasteiger partial charge on any atom is 0.0862 e. The van der Waals surface area contributed by atoms with E-state index in [1.165, 1.54) is 4.88 Å². The largest absolute Gasteiger partial charge is 0.376 e. The fourth-order valence-electron chi connectivity index (χ4n) is 1.85. The van der Waals surface area contributed by atoms with Crippen molar-refractivity contribution in [3.63, 3.8) is 0 Å². The minimum atomic E-state index is 0.0604. The van der Waals surface area contributed by atoms with Crippen LogP contribution in [0.2, 0.25) is 0 Å². The molecule has 13 heavy (non-hydrogen) atoms. The molecule has 1 saturated heterocycles. The van der Waals surface area contributed by atoms with Gasteiger partial charge in [-0.15, -0.1) is 11.3 Å². The van der Waals surface area contributed by atoms with Gasteiger partial charge in [-0.05, 0) is 24.4 Å². The van der Waals surface area contributed by atoms with Gasteiger partial charge in [-0.3, -0.25) is 0 Å². The number of ether oxygens (including phenoxy) is 1. The molecule has 72 valence electrons. The SMILES string of the molecule is COC1(Cc2cccs2)CCNC1. The van der Waals surface area contributed by atoms with Crippen LogP contribution < -0.4 is 5.32 Å². The Hall–Kier alpha value is -0.380. The Morgan fingerprint density at radius 1 is 1.69 bits per heavy atom. The summed E-state index contributed by atoms with van der Waals surface area (Å²) >= 11 is 1.82. The van der Waals surface area contributed by atoms with Crippen LogP contribution in [0.3, 0.4) is 0 Å². The van der Waals surface area contributed by atoms with E-state index in [1.54, 1.807) is 0 Å². The third-order valence-corrected chi connectivity index (χ3v) is 3.59. The van der Waals surface area contributed by atoms with Gasteiger partial charge in [-0.1, -0.05) is 6.07 Å². The first-order chi connectivity index (χ1) is 6.35. The summed E-state index contributed by atoms with van der Waals surface area (Å²) < 4.78 is 5.62. The van der Waals surface area contributed by atoms with Gasteiger partial charge in [0.15, 0.2) is 0 Å². The molecule has 1 atom stereocenters. The van der Waals surface area contributed by atoms with Crippen LogP contribution in [0.5, 0.6) is 0 Å². The van der Waals surface area contributed by atoms with Crippen molar-refractivity contribution in [2.24, 2.45) is 0 Å². The third kappa shape index (κ3) is 1.93. The molecule has 1 aliphatic rings. The van der Waals surface area contributed by atoms with Gasteiger partial charge in [0.2, 0.25) is 0 Å². The van der Waals surface area contributed by atoms with Gasteiger partial charge in [0, 0.05) is 25.0 Å². The Bertz CT molecular complexity index is 252. The standard InChI is InChI=1S/C10H15NOS/c1-12-10(4-5-11-8-10)7-9-3-2-6-13-9/h2-3,6,11H,4-5,7-8H2,1H3. The summed E-state index contributed by atoms with van der Waals surface area (Å²) in [4.78, 5) is 1.42. The van der Waals surface area contributed by atoms with Crippen LogP contribution in [0, 0.1) is 0 Å². The lowest BCUT2D eigenvalue weighted by molar-refractivity contribution is 0.00840. The zero-order valence-electron chi connectivity index (χ0n) is 7.88. The van der Waals surface area contributed by atoms with Crippen LogP contribution in [0.15, 0.2) is 17.5 Å². The number of hydrogen-bond donors (Lipinski definition) is 1. The molecule has 0 aliphatic carbocycles. The predicted octanol–water partition coefficient (Wildman–Crippen LogP) is 1.67. The summed E-state index contributed by atoms with van der Waals surface area (Å²) in [7, 11) is 1.82. The lowest BCUT2D eigenvalue weighted by Crippen LogP contribution is -2.36. The normalized spacial score (nSPS) is 28.1. The minimum Gasteiger partial charge on any atom is -0.376 e. The molecule has 0 amide bonds. The van der Waals surface area contributed by atoms with Crippen molar-refractivity contribution in [3.8, 4) is 0 Å². The fourth-order valence-corrected chi connectivity index (χ4v) is 2.68. The second-order valence-electron chi connectivity index (χ2n) is 3.57. The summed E-state index contributed by atoms with van der Waals surface area (Å²) in [6.07, 6.45) is 2.18. The van der Waals surface area contributed by atoms with E-state index in [0.29, 0.717) is 0 Å². The molecule has 1 aliphatic heterocycles. The zero-order valence-corrected chi connectivity index (χ0v) is 8.69. The molecular formula is C10H15NOS. The predicted molar refractivity (Wildman–Crippen MR) is 55.2 cm³/mol. The molecule has 0 radical (unpaired) electrons. The second kappa shape index (κ2) is 3.78. The molecule has 1 fully saturated rings. The maximum atomic E-state index is 5.62. The van der Waals surface area contributed by atoms with Crippen molar-refractivity contribution in [2.45, 2.75) is 18.4 Å². The molecular weight excluding hydrogens is 182 g/mol. The van der Waals surface area contributed by atoms with Gasteiger partial charge in [0.25, 0.3) is 0 Å². The lowest BCUT2D eigenvalue weighted by Gasteiger charge is -2.25. The summed E-state index contributed by atoms with van der Waals surface area (Å²) in [6, 6.07) is 4.29. The summed E-state index contributed by atoms with van der Waals surface area (Å²) in [6.45, 7) is 2.07. The Morgan fingerprint density at radius 3 is 3.15 bits per heavy atom. The van der Waals surface area contributed by atoms with Gasteiger partial charge in [0.1, 0.15) is 0 Å². The number of rotatable bonds is 3. The molecule has 0 saturated carbocycles. The van der Waals surface area contributed by atoms with E-state index < -0.39 is 0 Å². The van der Waals surface area contributed by atoms with Crippen LogP contribution >= 0.6 is 11.3 Å². The van der Waals surface area contributed by atoms with Crippen LogP contribution in [-0.4, -0.2) is 25.8 Å². The highest BCUT2D eigenvalue weighted by molar-refractivity contribution is 7.09. The van der Waals surface area contributed by atoms with E-state index in [9.17, 15) is 0 Å². The van der Waals surface area contributed by atoms with Gasteiger partial charge in [-0.2, -0.15) is 0 Å². The molecule has 2 heterocycles. The number of thiophene rings is 1. The number of nitrogens with one attached hydrogen (secondary N) is 1. The topological polar surface area (TPSA) is 21.3 Å². The molecule has 1 aromatic heterocycles. The summed E-state index contributed by atoms with van der Waals surface area (Å²) in [5.41, 5.74) is 0.0604. The van der Waals surface area contributed by atoms with Crippen molar-refractivity contribution in [1.82, 2.24) is 5.32 Å². The van der Waals surface area contributed by atoms with E-state index in [1.807, 2.05) is 18.4 Å². The highest BCUT2D eigenvalue weighted by atomic mass is 32.1. The molecule has 2 rings (SSSR count). The van der Waals surface area contributed by atoms with E-state index >= 15 is 0 Å². The average Bonchev–Trinajstić information content (AvgIpc) is 2.77. The Morgan fingerprint density at radius 2 is 2.62 bits per heavy atom. The highest BCUT2D eigenvalue weighted by Crippen LogP contribution is 2.26. The number of methoxy groups -OCH3 is 1. The zero-order chi connectivity index (χ0) is 9.15. The van der Waals surface area contributed by atoms with Gasteiger partial charge in [-0.25, -0.2) is 0 Å². The molecule has 3 heteroatoms. The van der Waals surface area contributed by atoms with Crippen LogP contribution in [0.1, 0.15) is 11.3 Å². The smallest absolute Gasteiger partial charge is 0.0862 e. The van der Waals surface area contributed by atoms with Crippen LogP contribution in [-0.2, 0) is 11.2 Å². The van der Waals surface area contributed by atoms with Gasteiger partial charge >= 0.3 is 0 Å². The summed E-state index contributed by atoms with van der Waals surface area (Å²) in [5, 5.41) is 5.48. The van der Waals surface area contributed by atoms with Crippen molar-refractivity contribution in [3.05, 3.63) is 22.4 Å². The van der Waals surface area contributed by atoms with Crippen molar-refractivity contribution in [2.75, 3.05) is 20.2 Å². The Labute approximate surface area is 82.9 Å². The monoisotopic (exact) mass is 197 g/mol. The van der Waals surface area contributed by atoms with Crippen molar-refractivity contribution < 1.29 is 4.74 Å². The summed E-state index contributed by atoms with van der Waals surface area (Å²) in [5.74, 6) is 0. The molecule has 0 spiro atoms. The van der Waals surface area contributed by atoms with Crippen molar-refractivity contribution in [1.29, 1.82) is 0 Å². The van der Waals surface area contributed by atoms with Gasteiger partial charge < -0.3 is 10.1 Å². The first kappa shape index (κ1) is 9.19.